The summed E-state index contributed by atoms with van der Waals surface area (Å²) < 4.78 is 7.38. The van der Waals surface area contributed by atoms with E-state index in [1.54, 1.807) is 6.07 Å². The average Bonchev–Trinajstić information content (AvgIpc) is 2.98. The number of benzene rings is 1. The monoisotopic (exact) mass is 256 g/mol. The second-order valence-corrected chi connectivity index (χ2v) is 4.80. The van der Waals surface area contributed by atoms with E-state index in [9.17, 15) is 4.79 Å². The SMILES string of the molecule is O=Cc1cccc(-c2cnn(C3CCOCC3)c2)c1. The van der Waals surface area contributed by atoms with E-state index in [1.165, 1.54) is 0 Å². The Hall–Kier alpha value is -1.94. The summed E-state index contributed by atoms with van der Waals surface area (Å²) in [4.78, 5) is 10.8. The van der Waals surface area contributed by atoms with Crippen LogP contribution in [0.5, 0.6) is 0 Å². The van der Waals surface area contributed by atoms with E-state index in [0.29, 0.717) is 11.6 Å². The van der Waals surface area contributed by atoms with Crippen LogP contribution in [-0.2, 0) is 4.74 Å². The molecule has 3 rings (SSSR count). The van der Waals surface area contributed by atoms with Crippen molar-refractivity contribution in [3.63, 3.8) is 0 Å². The van der Waals surface area contributed by atoms with Gasteiger partial charge in [-0.05, 0) is 24.5 Å². The largest absolute Gasteiger partial charge is 0.381 e. The summed E-state index contributed by atoms with van der Waals surface area (Å²) in [6.45, 7) is 1.61. The van der Waals surface area contributed by atoms with Crippen molar-refractivity contribution in [3.8, 4) is 11.1 Å². The van der Waals surface area contributed by atoms with E-state index in [0.717, 1.165) is 43.5 Å². The van der Waals surface area contributed by atoms with Gasteiger partial charge in [0.1, 0.15) is 6.29 Å². The summed E-state index contributed by atoms with van der Waals surface area (Å²) >= 11 is 0. The lowest BCUT2D eigenvalue weighted by Gasteiger charge is -2.22. The van der Waals surface area contributed by atoms with Crippen LogP contribution in [0.15, 0.2) is 36.7 Å². The third-order valence-electron chi connectivity index (χ3n) is 3.52. The molecule has 4 nitrogen and oxygen atoms in total. The van der Waals surface area contributed by atoms with Crippen molar-refractivity contribution in [2.24, 2.45) is 0 Å². The van der Waals surface area contributed by atoms with Crippen molar-refractivity contribution in [3.05, 3.63) is 42.2 Å². The normalized spacial score (nSPS) is 16.4. The Labute approximate surface area is 112 Å². The van der Waals surface area contributed by atoms with E-state index in [1.807, 2.05) is 29.1 Å². The maximum atomic E-state index is 10.8. The average molecular weight is 256 g/mol. The van der Waals surface area contributed by atoms with Gasteiger partial charge in [-0.1, -0.05) is 18.2 Å². The first kappa shape index (κ1) is 12.1. The number of carbonyl (C=O) groups excluding carboxylic acids is 1. The highest BCUT2D eigenvalue weighted by Gasteiger charge is 2.16. The molecule has 0 amide bonds. The predicted octanol–water partition coefficient (Wildman–Crippen LogP) is 2.71. The van der Waals surface area contributed by atoms with E-state index >= 15 is 0 Å². The highest BCUT2D eigenvalue weighted by atomic mass is 16.5. The van der Waals surface area contributed by atoms with Gasteiger partial charge in [0.2, 0.25) is 0 Å². The molecule has 0 radical (unpaired) electrons. The number of nitrogens with zero attached hydrogens (tertiary/aromatic N) is 2. The van der Waals surface area contributed by atoms with Crippen LogP contribution in [0.2, 0.25) is 0 Å². The predicted molar refractivity (Wildman–Crippen MR) is 72.1 cm³/mol. The second-order valence-electron chi connectivity index (χ2n) is 4.80. The number of aromatic nitrogens is 2. The topological polar surface area (TPSA) is 44.1 Å². The number of aldehydes is 1. The molecule has 0 atom stereocenters. The first-order valence-corrected chi connectivity index (χ1v) is 6.54. The lowest BCUT2D eigenvalue weighted by molar-refractivity contribution is 0.0662. The van der Waals surface area contributed by atoms with Gasteiger partial charge in [-0.25, -0.2) is 0 Å². The van der Waals surface area contributed by atoms with Crippen LogP contribution in [0.25, 0.3) is 11.1 Å². The molecule has 0 spiro atoms. The van der Waals surface area contributed by atoms with Crippen LogP contribution in [-0.4, -0.2) is 29.3 Å². The molecular formula is C15H16N2O2. The lowest BCUT2D eigenvalue weighted by Crippen LogP contribution is -2.19. The fourth-order valence-electron chi connectivity index (χ4n) is 2.43. The first-order chi connectivity index (χ1) is 9.36. The standard InChI is InChI=1S/C15H16N2O2/c18-11-12-2-1-3-13(8-12)14-9-16-17(10-14)15-4-6-19-7-5-15/h1-3,8-11,15H,4-7H2. The van der Waals surface area contributed by atoms with Crippen LogP contribution in [0, 0.1) is 0 Å². The minimum absolute atomic E-state index is 0.428. The number of ether oxygens (including phenoxy) is 1. The van der Waals surface area contributed by atoms with Gasteiger partial charge in [0.05, 0.1) is 12.2 Å². The molecule has 2 heterocycles. The van der Waals surface area contributed by atoms with Crippen LogP contribution in [0.4, 0.5) is 0 Å². The van der Waals surface area contributed by atoms with Crippen molar-refractivity contribution in [1.82, 2.24) is 9.78 Å². The van der Waals surface area contributed by atoms with E-state index < -0.39 is 0 Å². The summed E-state index contributed by atoms with van der Waals surface area (Å²) in [6.07, 6.45) is 6.80. The van der Waals surface area contributed by atoms with Crippen LogP contribution >= 0.6 is 0 Å². The molecule has 0 bridgehead atoms. The van der Waals surface area contributed by atoms with Gasteiger partial charge in [-0.2, -0.15) is 5.10 Å². The minimum Gasteiger partial charge on any atom is -0.381 e. The highest BCUT2D eigenvalue weighted by molar-refractivity contribution is 5.78. The molecule has 0 N–H and O–H groups in total. The molecule has 0 aliphatic carbocycles. The van der Waals surface area contributed by atoms with Crippen LogP contribution in [0.3, 0.4) is 0 Å². The Morgan fingerprint density at radius 1 is 1.26 bits per heavy atom. The third kappa shape index (κ3) is 2.58. The van der Waals surface area contributed by atoms with Gasteiger partial charge in [0.25, 0.3) is 0 Å². The molecule has 19 heavy (non-hydrogen) atoms. The van der Waals surface area contributed by atoms with Gasteiger partial charge in [-0.15, -0.1) is 0 Å². The minimum atomic E-state index is 0.428. The Kier molecular flexibility index (Phi) is 3.42. The number of hydrogen-bond donors (Lipinski definition) is 0. The fourth-order valence-corrected chi connectivity index (χ4v) is 2.43. The molecular weight excluding hydrogens is 240 g/mol. The lowest BCUT2D eigenvalue weighted by atomic mass is 10.1. The summed E-state index contributed by atoms with van der Waals surface area (Å²) in [6, 6.07) is 8.01. The zero-order valence-corrected chi connectivity index (χ0v) is 10.7. The zero-order chi connectivity index (χ0) is 13.1. The van der Waals surface area contributed by atoms with Crippen molar-refractivity contribution >= 4 is 6.29 Å². The van der Waals surface area contributed by atoms with Crippen molar-refractivity contribution in [1.29, 1.82) is 0 Å². The van der Waals surface area contributed by atoms with Crippen molar-refractivity contribution in [2.45, 2.75) is 18.9 Å². The first-order valence-electron chi connectivity index (χ1n) is 6.54. The van der Waals surface area contributed by atoms with E-state index in [-0.39, 0.29) is 0 Å². The molecule has 2 aromatic rings. The molecule has 1 aliphatic rings. The zero-order valence-electron chi connectivity index (χ0n) is 10.7. The van der Waals surface area contributed by atoms with Gasteiger partial charge in [0.15, 0.2) is 0 Å². The smallest absolute Gasteiger partial charge is 0.150 e. The maximum absolute atomic E-state index is 10.8. The van der Waals surface area contributed by atoms with Gasteiger partial charge in [-0.3, -0.25) is 9.48 Å². The van der Waals surface area contributed by atoms with E-state index in [4.69, 9.17) is 4.74 Å². The van der Waals surface area contributed by atoms with Crippen LogP contribution in [0.1, 0.15) is 29.2 Å². The van der Waals surface area contributed by atoms with E-state index in [2.05, 4.69) is 11.3 Å². The molecule has 1 saturated heterocycles. The molecule has 1 aromatic heterocycles. The maximum Gasteiger partial charge on any atom is 0.150 e. The molecule has 1 aromatic carbocycles. The van der Waals surface area contributed by atoms with Crippen molar-refractivity contribution in [2.75, 3.05) is 13.2 Å². The summed E-state index contributed by atoms with van der Waals surface area (Å²) in [5.41, 5.74) is 2.77. The quantitative estimate of drug-likeness (QED) is 0.793. The number of rotatable bonds is 3. The summed E-state index contributed by atoms with van der Waals surface area (Å²) in [5.74, 6) is 0. The van der Waals surface area contributed by atoms with Crippen LogP contribution < -0.4 is 0 Å². The Morgan fingerprint density at radius 2 is 2.11 bits per heavy atom. The fraction of sp³-hybridized carbons (Fsp3) is 0.333. The molecule has 98 valence electrons. The molecule has 1 aliphatic heterocycles. The Bertz CT molecular complexity index is 571. The molecule has 0 saturated carbocycles. The van der Waals surface area contributed by atoms with Gasteiger partial charge < -0.3 is 4.74 Å². The Morgan fingerprint density at radius 3 is 2.89 bits per heavy atom. The van der Waals surface area contributed by atoms with Gasteiger partial charge >= 0.3 is 0 Å². The summed E-state index contributed by atoms with van der Waals surface area (Å²) in [7, 11) is 0. The third-order valence-corrected chi connectivity index (χ3v) is 3.52. The van der Waals surface area contributed by atoms with Gasteiger partial charge in [0, 0.05) is 30.5 Å². The van der Waals surface area contributed by atoms with Crippen molar-refractivity contribution < 1.29 is 9.53 Å². The molecule has 1 fully saturated rings. The highest BCUT2D eigenvalue weighted by Crippen LogP contribution is 2.24. The molecule has 0 unspecified atom stereocenters. The Balaban J connectivity index is 1.85. The molecule has 4 heteroatoms. The number of carbonyl (C=O) groups is 1. The second kappa shape index (κ2) is 5.36. The number of hydrogen-bond acceptors (Lipinski definition) is 3. The summed E-state index contributed by atoms with van der Waals surface area (Å²) in [5, 5.41) is 4.44.